The standard InChI is InChI=1S/C14H20N2O/c1-11-4-6-12(7-5-11)9-16-8-2-3-13(10-16)14(15)17/h4-7,13H,2-3,8-10H2,1H3,(H2,15,17)/p+1/t13-/m0/s1. The topological polar surface area (TPSA) is 47.5 Å². The molecule has 0 aromatic heterocycles. The molecule has 0 bridgehead atoms. The van der Waals surface area contributed by atoms with E-state index in [1.54, 1.807) is 0 Å². The molecule has 17 heavy (non-hydrogen) atoms. The van der Waals surface area contributed by atoms with Gasteiger partial charge >= 0.3 is 0 Å². The number of nitrogens with one attached hydrogen (secondary N) is 1. The smallest absolute Gasteiger partial charge is 0.226 e. The molecule has 0 radical (unpaired) electrons. The van der Waals surface area contributed by atoms with Crippen molar-refractivity contribution in [3.8, 4) is 0 Å². The lowest BCUT2D eigenvalue weighted by molar-refractivity contribution is -0.921. The maximum Gasteiger partial charge on any atom is 0.226 e. The van der Waals surface area contributed by atoms with E-state index < -0.39 is 0 Å². The molecule has 1 heterocycles. The van der Waals surface area contributed by atoms with Crippen LogP contribution in [0.1, 0.15) is 24.0 Å². The molecule has 1 aromatic carbocycles. The van der Waals surface area contributed by atoms with E-state index in [9.17, 15) is 4.79 Å². The number of piperidine rings is 1. The van der Waals surface area contributed by atoms with Crippen LogP contribution in [-0.4, -0.2) is 19.0 Å². The second-order valence-electron chi connectivity index (χ2n) is 5.11. The van der Waals surface area contributed by atoms with Crippen LogP contribution in [0.4, 0.5) is 0 Å². The summed E-state index contributed by atoms with van der Waals surface area (Å²) in [5.41, 5.74) is 8.02. The summed E-state index contributed by atoms with van der Waals surface area (Å²) in [5, 5.41) is 0. The predicted molar refractivity (Wildman–Crippen MR) is 67.5 cm³/mol. The van der Waals surface area contributed by atoms with E-state index >= 15 is 0 Å². The summed E-state index contributed by atoms with van der Waals surface area (Å²) >= 11 is 0. The SMILES string of the molecule is Cc1ccc(C[NH+]2CCC[C@H](C(N)=O)C2)cc1. The van der Waals surface area contributed by atoms with Crippen molar-refractivity contribution in [3.63, 3.8) is 0 Å². The van der Waals surface area contributed by atoms with Gasteiger partial charge in [-0.1, -0.05) is 29.8 Å². The third-order valence-corrected chi connectivity index (χ3v) is 3.60. The molecule has 1 amide bonds. The van der Waals surface area contributed by atoms with Gasteiger partial charge < -0.3 is 10.6 Å². The summed E-state index contributed by atoms with van der Waals surface area (Å²) in [5.74, 6) is -0.0599. The van der Waals surface area contributed by atoms with Crippen LogP contribution in [-0.2, 0) is 11.3 Å². The van der Waals surface area contributed by atoms with E-state index in [-0.39, 0.29) is 11.8 Å². The zero-order valence-corrected chi connectivity index (χ0v) is 10.4. The molecule has 92 valence electrons. The molecule has 1 aromatic rings. The fourth-order valence-electron chi connectivity index (χ4n) is 2.55. The summed E-state index contributed by atoms with van der Waals surface area (Å²) in [6.07, 6.45) is 2.07. The third kappa shape index (κ3) is 3.30. The van der Waals surface area contributed by atoms with Crippen LogP contribution >= 0.6 is 0 Å². The van der Waals surface area contributed by atoms with Crippen LogP contribution in [0.3, 0.4) is 0 Å². The van der Waals surface area contributed by atoms with Gasteiger partial charge in [0.1, 0.15) is 6.54 Å². The van der Waals surface area contributed by atoms with Gasteiger partial charge in [-0.25, -0.2) is 0 Å². The number of carbonyl (C=O) groups excluding carboxylic acids is 1. The Morgan fingerprint density at radius 3 is 2.76 bits per heavy atom. The zero-order valence-electron chi connectivity index (χ0n) is 10.4. The molecule has 1 aliphatic rings. The van der Waals surface area contributed by atoms with Gasteiger partial charge in [0.05, 0.1) is 19.0 Å². The van der Waals surface area contributed by atoms with Crippen molar-refractivity contribution >= 4 is 5.91 Å². The van der Waals surface area contributed by atoms with Gasteiger partial charge in [-0.15, -0.1) is 0 Å². The molecule has 0 spiro atoms. The van der Waals surface area contributed by atoms with E-state index in [0.717, 1.165) is 32.5 Å². The summed E-state index contributed by atoms with van der Waals surface area (Å²) in [7, 11) is 0. The van der Waals surface area contributed by atoms with Crippen molar-refractivity contribution in [1.82, 2.24) is 0 Å². The number of quaternary nitrogens is 1. The average Bonchev–Trinajstić information content (AvgIpc) is 2.32. The van der Waals surface area contributed by atoms with Gasteiger partial charge in [0.15, 0.2) is 0 Å². The quantitative estimate of drug-likeness (QED) is 0.774. The van der Waals surface area contributed by atoms with Gasteiger partial charge in [-0.05, 0) is 19.8 Å². The van der Waals surface area contributed by atoms with Gasteiger partial charge in [0, 0.05) is 5.56 Å². The highest BCUT2D eigenvalue weighted by molar-refractivity contribution is 5.76. The molecule has 3 heteroatoms. The van der Waals surface area contributed by atoms with Gasteiger partial charge in [0.25, 0.3) is 0 Å². The molecule has 0 saturated carbocycles. The van der Waals surface area contributed by atoms with E-state index in [1.807, 2.05) is 0 Å². The lowest BCUT2D eigenvalue weighted by Crippen LogP contribution is -3.12. The highest BCUT2D eigenvalue weighted by atomic mass is 16.1. The van der Waals surface area contributed by atoms with Crippen LogP contribution in [0.2, 0.25) is 0 Å². The minimum absolute atomic E-state index is 0.0733. The Labute approximate surface area is 103 Å². The largest absolute Gasteiger partial charge is 0.369 e. The third-order valence-electron chi connectivity index (χ3n) is 3.60. The highest BCUT2D eigenvalue weighted by Crippen LogP contribution is 2.07. The summed E-state index contributed by atoms with van der Waals surface area (Å²) in [4.78, 5) is 12.7. The fourth-order valence-corrected chi connectivity index (χ4v) is 2.55. The van der Waals surface area contributed by atoms with Crippen LogP contribution in [0, 0.1) is 12.8 Å². The first kappa shape index (κ1) is 12.1. The van der Waals surface area contributed by atoms with Crippen molar-refractivity contribution in [2.75, 3.05) is 13.1 Å². The van der Waals surface area contributed by atoms with E-state index in [2.05, 4.69) is 31.2 Å². The molecule has 1 unspecified atom stereocenters. The van der Waals surface area contributed by atoms with Crippen molar-refractivity contribution in [3.05, 3.63) is 35.4 Å². The predicted octanol–water partition coefficient (Wildman–Crippen LogP) is 0.275. The van der Waals surface area contributed by atoms with Gasteiger partial charge in [-0.2, -0.15) is 0 Å². The molecular formula is C14H21N2O+. The molecular weight excluding hydrogens is 212 g/mol. The van der Waals surface area contributed by atoms with E-state index in [0.29, 0.717) is 0 Å². The molecule has 2 atom stereocenters. The molecule has 0 aliphatic carbocycles. The number of likely N-dealkylation sites (tertiary alicyclic amines) is 1. The average molecular weight is 233 g/mol. The Morgan fingerprint density at radius 2 is 2.12 bits per heavy atom. The molecule has 2 rings (SSSR count). The number of nitrogens with two attached hydrogens (primary N) is 1. The molecule has 1 saturated heterocycles. The number of hydrogen-bond donors (Lipinski definition) is 2. The summed E-state index contributed by atoms with van der Waals surface area (Å²) in [6.45, 7) is 5.14. The second kappa shape index (κ2) is 5.32. The van der Waals surface area contributed by atoms with Crippen LogP contribution in [0.15, 0.2) is 24.3 Å². The van der Waals surface area contributed by atoms with Crippen LogP contribution < -0.4 is 10.6 Å². The van der Waals surface area contributed by atoms with Crippen molar-refractivity contribution in [1.29, 1.82) is 0 Å². The van der Waals surface area contributed by atoms with Gasteiger partial charge in [0.2, 0.25) is 5.91 Å². The van der Waals surface area contributed by atoms with Crippen molar-refractivity contribution < 1.29 is 9.69 Å². The maximum absolute atomic E-state index is 11.2. The summed E-state index contributed by atoms with van der Waals surface area (Å²) in [6, 6.07) is 8.64. The minimum Gasteiger partial charge on any atom is -0.369 e. The Balaban J connectivity index is 1.94. The minimum atomic E-state index is -0.133. The lowest BCUT2D eigenvalue weighted by atomic mass is 9.97. The monoisotopic (exact) mass is 233 g/mol. The summed E-state index contributed by atoms with van der Waals surface area (Å²) < 4.78 is 0. The maximum atomic E-state index is 11.2. The fraction of sp³-hybridized carbons (Fsp3) is 0.500. The highest BCUT2D eigenvalue weighted by Gasteiger charge is 2.26. The Morgan fingerprint density at radius 1 is 1.41 bits per heavy atom. The molecule has 3 nitrogen and oxygen atoms in total. The van der Waals surface area contributed by atoms with E-state index in [4.69, 9.17) is 5.73 Å². The number of rotatable bonds is 3. The number of amides is 1. The lowest BCUT2D eigenvalue weighted by Gasteiger charge is -2.28. The van der Waals surface area contributed by atoms with Crippen LogP contribution in [0.5, 0.6) is 0 Å². The van der Waals surface area contributed by atoms with Crippen molar-refractivity contribution in [2.45, 2.75) is 26.3 Å². The first-order valence-corrected chi connectivity index (χ1v) is 6.33. The number of benzene rings is 1. The van der Waals surface area contributed by atoms with Gasteiger partial charge in [-0.3, -0.25) is 4.79 Å². The van der Waals surface area contributed by atoms with Crippen LogP contribution in [0.25, 0.3) is 0 Å². The molecule has 1 aliphatic heterocycles. The Kier molecular flexibility index (Phi) is 3.79. The van der Waals surface area contributed by atoms with E-state index in [1.165, 1.54) is 16.0 Å². The number of aryl methyl sites for hydroxylation is 1. The zero-order chi connectivity index (χ0) is 12.3. The second-order valence-corrected chi connectivity index (χ2v) is 5.11. The Bertz CT molecular complexity index is 386. The first-order valence-electron chi connectivity index (χ1n) is 6.33. The molecule has 3 N–H and O–H groups in total. The number of primary amides is 1. The number of carbonyl (C=O) groups is 1. The van der Waals surface area contributed by atoms with Crippen molar-refractivity contribution in [2.24, 2.45) is 11.7 Å². The molecule has 1 fully saturated rings. The number of hydrogen-bond acceptors (Lipinski definition) is 1. The normalized spacial score (nSPS) is 24.5. The Hall–Kier alpha value is -1.35. The first-order chi connectivity index (χ1) is 8.15.